The summed E-state index contributed by atoms with van der Waals surface area (Å²) in [4.78, 5) is 15.0. The van der Waals surface area contributed by atoms with E-state index in [9.17, 15) is 4.79 Å². The molecule has 5 heteroatoms. The van der Waals surface area contributed by atoms with Crippen molar-refractivity contribution in [2.45, 2.75) is 29.3 Å². The van der Waals surface area contributed by atoms with Crippen LogP contribution in [0.1, 0.15) is 17.9 Å². The highest BCUT2D eigenvalue weighted by Gasteiger charge is 2.42. The summed E-state index contributed by atoms with van der Waals surface area (Å²) in [6.07, 6.45) is 6.86. The van der Waals surface area contributed by atoms with Crippen molar-refractivity contribution >= 4 is 17.7 Å². The number of nitrogens with one attached hydrogen (secondary N) is 2. The highest BCUT2D eigenvalue weighted by Crippen LogP contribution is 2.50. The van der Waals surface area contributed by atoms with Crippen LogP contribution in [0.3, 0.4) is 0 Å². The molecule has 3 atom stereocenters. The molecule has 3 unspecified atom stereocenters. The monoisotopic (exact) mass is 337 g/mol. The molecule has 1 fully saturated rings. The summed E-state index contributed by atoms with van der Waals surface area (Å²) < 4.78 is 0. The van der Waals surface area contributed by atoms with Crippen molar-refractivity contribution < 1.29 is 4.79 Å². The van der Waals surface area contributed by atoms with Crippen LogP contribution in [0, 0.1) is 0 Å². The highest BCUT2D eigenvalue weighted by atomic mass is 32.2. The average molecular weight is 337 g/mol. The van der Waals surface area contributed by atoms with Crippen LogP contribution >= 0.6 is 11.8 Å². The van der Waals surface area contributed by atoms with Gasteiger partial charge in [-0.25, -0.2) is 10.4 Å². The van der Waals surface area contributed by atoms with E-state index in [2.05, 4.69) is 65.3 Å². The zero-order chi connectivity index (χ0) is 16.3. The van der Waals surface area contributed by atoms with Crippen LogP contribution in [0.15, 0.2) is 63.4 Å². The molecule has 0 spiro atoms. The molecule has 2 N–H and O–H groups in total. The molecule has 0 saturated carbocycles. The number of hydrogen-bond donors (Lipinski definition) is 2. The molecule has 0 bridgehead atoms. The fraction of sp³-hybridized carbons (Fsp3) is 0.316. The van der Waals surface area contributed by atoms with E-state index in [1.165, 1.54) is 26.5 Å². The summed E-state index contributed by atoms with van der Waals surface area (Å²) in [6.45, 7) is 0.921. The molecule has 1 amide bonds. The predicted octanol–water partition coefficient (Wildman–Crippen LogP) is 2.33. The van der Waals surface area contributed by atoms with Crippen molar-refractivity contribution in [1.82, 2.24) is 15.8 Å². The third-order valence-electron chi connectivity index (χ3n) is 5.24. The Morgan fingerprint density at radius 3 is 3.08 bits per heavy atom. The molecule has 0 radical (unpaired) electrons. The maximum atomic E-state index is 12.4. The standard InChI is InChI=1S/C19H19N3OS/c1-22-10-12-11-5-2-3-7-15(11)24-16-8-4-6-13-19(16)18(12)14(21-22)9-17(23)20-13/h2-8,12-14,21H,9-10H2,1H3,(H,20,23). The van der Waals surface area contributed by atoms with Gasteiger partial charge in [0.25, 0.3) is 0 Å². The molecule has 122 valence electrons. The zero-order valence-electron chi connectivity index (χ0n) is 13.5. The molecule has 3 aliphatic heterocycles. The van der Waals surface area contributed by atoms with Gasteiger partial charge in [0.15, 0.2) is 0 Å². The molecule has 0 aromatic heterocycles. The van der Waals surface area contributed by atoms with E-state index < -0.39 is 0 Å². The van der Waals surface area contributed by atoms with Gasteiger partial charge in [0.1, 0.15) is 0 Å². The molecule has 1 aromatic carbocycles. The van der Waals surface area contributed by atoms with Crippen molar-refractivity contribution in [3.05, 3.63) is 64.1 Å². The highest BCUT2D eigenvalue weighted by molar-refractivity contribution is 8.03. The molecule has 5 rings (SSSR count). The lowest BCUT2D eigenvalue weighted by atomic mass is 9.79. The van der Waals surface area contributed by atoms with Crippen molar-refractivity contribution in [3.63, 3.8) is 0 Å². The van der Waals surface area contributed by atoms with E-state index in [0.717, 1.165) is 6.54 Å². The zero-order valence-corrected chi connectivity index (χ0v) is 14.3. The number of amides is 1. The Bertz CT molecular complexity index is 826. The number of hydrogen-bond acceptors (Lipinski definition) is 4. The van der Waals surface area contributed by atoms with Crippen molar-refractivity contribution in [2.24, 2.45) is 0 Å². The molecular weight excluding hydrogens is 318 g/mol. The van der Waals surface area contributed by atoms with Gasteiger partial charge >= 0.3 is 0 Å². The quantitative estimate of drug-likeness (QED) is 0.763. The Morgan fingerprint density at radius 2 is 2.17 bits per heavy atom. The van der Waals surface area contributed by atoms with Gasteiger partial charge in [-0.15, -0.1) is 0 Å². The Kier molecular flexibility index (Phi) is 3.23. The van der Waals surface area contributed by atoms with E-state index in [1.807, 2.05) is 11.8 Å². The lowest BCUT2D eigenvalue weighted by Crippen LogP contribution is -2.52. The maximum absolute atomic E-state index is 12.4. The van der Waals surface area contributed by atoms with Crippen LogP contribution in [0.2, 0.25) is 0 Å². The van der Waals surface area contributed by atoms with Crippen LogP contribution < -0.4 is 10.7 Å². The van der Waals surface area contributed by atoms with Gasteiger partial charge in [0.05, 0.1) is 12.1 Å². The summed E-state index contributed by atoms with van der Waals surface area (Å²) in [5.74, 6) is 0.441. The maximum Gasteiger partial charge on any atom is 0.222 e. The number of nitrogens with zero attached hydrogens (tertiary/aromatic N) is 1. The van der Waals surface area contributed by atoms with Crippen LogP contribution in [0.5, 0.6) is 0 Å². The molecule has 1 aromatic rings. The van der Waals surface area contributed by atoms with Gasteiger partial charge in [-0.1, -0.05) is 42.1 Å². The minimum atomic E-state index is -0.00739. The smallest absolute Gasteiger partial charge is 0.222 e. The third-order valence-corrected chi connectivity index (χ3v) is 6.41. The summed E-state index contributed by atoms with van der Waals surface area (Å²) in [5.41, 5.74) is 7.60. The van der Waals surface area contributed by atoms with E-state index in [4.69, 9.17) is 0 Å². The summed E-state index contributed by atoms with van der Waals surface area (Å²) in [6, 6.07) is 8.76. The Balaban J connectivity index is 1.78. The summed E-state index contributed by atoms with van der Waals surface area (Å²) in [5, 5.41) is 5.34. The first-order chi connectivity index (χ1) is 11.7. The number of hydrazine groups is 1. The van der Waals surface area contributed by atoms with E-state index in [0.29, 0.717) is 12.3 Å². The van der Waals surface area contributed by atoms with Gasteiger partial charge in [-0.05, 0) is 28.9 Å². The molecule has 1 saturated heterocycles. The van der Waals surface area contributed by atoms with Crippen LogP contribution in [-0.2, 0) is 4.79 Å². The number of allylic oxidation sites excluding steroid dienone is 2. The molecule has 4 aliphatic rings. The van der Waals surface area contributed by atoms with Gasteiger partial charge in [0, 0.05) is 35.7 Å². The van der Waals surface area contributed by atoms with Gasteiger partial charge in [-0.2, -0.15) is 0 Å². The topological polar surface area (TPSA) is 44.4 Å². The lowest BCUT2D eigenvalue weighted by Gasteiger charge is -2.39. The second-order valence-electron chi connectivity index (χ2n) is 6.79. The number of fused-ring (bicyclic) bond motifs is 2. The van der Waals surface area contributed by atoms with Gasteiger partial charge < -0.3 is 5.32 Å². The van der Waals surface area contributed by atoms with E-state index in [-0.39, 0.29) is 18.0 Å². The Hall–Kier alpha value is -1.82. The largest absolute Gasteiger partial charge is 0.346 e. The second-order valence-corrected chi connectivity index (χ2v) is 7.87. The predicted molar refractivity (Wildman–Crippen MR) is 95.4 cm³/mol. The van der Waals surface area contributed by atoms with Crippen molar-refractivity contribution in [3.8, 4) is 0 Å². The minimum Gasteiger partial charge on any atom is -0.346 e. The Labute approximate surface area is 145 Å². The first kappa shape index (κ1) is 14.5. The van der Waals surface area contributed by atoms with Crippen molar-refractivity contribution in [2.75, 3.05) is 13.6 Å². The molecule has 1 aliphatic carbocycles. The first-order valence-electron chi connectivity index (χ1n) is 8.37. The number of likely N-dealkylation sites (N-methyl/N-ethyl adjacent to an activating group) is 1. The van der Waals surface area contributed by atoms with Gasteiger partial charge in [0.2, 0.25) is 5.91 Å². The number of benzene rings is 1. The average Bonchev–Trinajstić information content (AvgIpc) is 2.79. The van der Waals surface area contributed by atoms with Crippen LogP contribution in [-0.4, -0.2) is 36.6 Å². The number of carbonyl (C=O) groups excluding carboxylic acids is 1. The van der Waals surface area contributed by atoms with E-state index in [1.54, 1.807) is 0 Å². The second kappa shape index (κ2) is 5.34. The molecular formula is C19H19N3OS. The number of thioether (sulfide) groups is 1. The lowest BCUT2D eigenvalue weighted by molar-refractivity contribution is -0.121. The van der Waals surface area contributed by atoms with Gasteiger partial charge in [-0.3, -0.25) is 4.79 Å². The van der Waals surface area contributed by atoms with Crippen molar-refractivity contribution in [1.29, 1.82) is 0 Å². The first-order valence-corrected chi connectivity index (χ1v) is 9.18. The minimum absolute atomic E-state index is 0.00739. The molecule has 3 heterocycles. The fourth-order valence-electron chi connectivity index (χ4n) is 4.32. The molecule has 4 nitrogen and oxygen atoms in total. The summed E-state index contributed by atoms with van der Waals surface area (Å²) >= 11 is 1.83. The number of carbonyl (C=O) groups is 1. The SMILES string of the molecule is CN1CC2C3=C4C(=CC=CC4NC(=O)CC3N1)Sc1ccccc12. The fourth-order valence-corrected chi connectivity index (χ4v) is 5.54. The van der Waals surface area contributed by atoms with Crippen LogP contribution in [0.4, 0.5) is 0 Å². The summed E-state index contributed by atoms with van der Waals surface area (Å²) in [7, 11) is 2.07. The number of rotatable bonds is 0. The Morgan fingerprint density at radius 1 is 1.29 bits per heavy atom. The molecule has 24 heavy (non-hydrogen) atoms. The van der Waals surface area contributed by atoms with Crippen LogP contribution in [0.25, 0.3) is 0 Å². The normalized spacial score (nSPS) is 31.5. The van der Waals surface area contributed by atoms with E-state index >= 15 is 0 Å². The third kappa shape index (κ3) is 2.12.